The summed E-state index contributed by atoms with van der Waals surface area (Å²) in [6.45, 7) is 3.77. The first-order valence-electron chi connectivity index (χ1n) is 5.08. The highest BCUT2D eigenvalue weighted by molar-refractivity contribution is 7.18. The van der Waals surface area contributed by atoms with Crippen molar-refractivity contribution in [3.05, 3.63) is 28.5 Å². The minimum absolute atomic E-state index is 0.400. The summed E-state index contributed by atoms with van der Waals surface area (Å²) >= 11 is 1.33. The molecule has 0 aromatic carbocycles. The molecule has 0 radical (unpaired) electrons. The summed E-state index contributed by atoms with van der Waals surface area (Å²) in [4.78, 5) is 12.9. The highest BCUT2D eigenvalue weighted by atomic mass is 32.1. The largest absolute Gasteiger partial charge is 0.469 e. The van der Waals surface area contributed by atoms with Crippen molar-refractivity contribution in [2.24, 2.45) is 0 Å². The van der Waals surface area contributed by atoms with Crippen molar-refractivity contribution >= 4 is 23.0 Å². The number of rotatable bonds is 2. The number of carbonyl (C=O) groups excluding carboxylic acids is 1. The van der Waals surface area contributed by atoms with Crippen LogP contribution in [0.4, 0.5) is 5.69 Å². The van der Waals surface area contributed by atoms with Crippen molar-refractivity contribution in [1.29, 1.82) is 0 Å². The Morgan fingerprint density at radius 3 is 2.71 bits per heavy atom. The predicted molar refractivity (Wildman–Crippen MR) is 67.2 cm³/mol. The van der Waals surface area contributed by atoms with Gasteiger partial charge in [-0.25, -0.2) is 4.79 Å². The molecule has 0 saturated carbocycles. The van der Waals surface area contributed by atoms with Gasteiger partial charge in [-0.05, 0) is 25.5 Å². The second-order valence-corrected chi connectivity index (χ2v) is 4.70. The number of nitrogen functional groups attached to an aromatic ring is 1. The molecule has 0 aliphatic carbocycles. The molecular weight excluding hydrogens is 238 g/mol. The van der Waals surface area contributed by atoms with E-state index in [4.69, 9.17) is 14.9 Å². The number of aryl methyl sites for hydroxylation is 1. The van der Waals surface area contributed by atoms with Gasteiger partial charge in [0.25, 0.3) is 0 Å². The van der Waals surface area contributed by atoms with Gasteiger partial charge in [0.05, 0.1) is 19.1 Å². The first-order chi connectivity index (χ1) is 8.06. The number of anilines is 1. The lowest BCUT2D eigenvalue weighted by Crippen LogP contribution is -2.01. The van der Waals surface area contributed by atoms with Gasteiger partial charge in [0.15, 0.2) is 0 Å². The lowest BCUT2D eigenvalue weighted by molar-refractivity contribution is 0.0607. The molecule has 0 amide bonds. The molecule has 0 aliphatic rings. The molecule has 0 fully saturated rings. The van der Waals surface area contributed by atoms with Crippen LogP contribution in [0.15, 0.2) is 16.7 Å². The Hall–Kier alpha value is -1.75. The standard InChI is InChI=1S/C12H13NO3S/c1-6-9(13)11(12(14)15-3)17-10(6)8-4-5-16-7(8)2/h4-5H,13H2,1-3H3. The molecular formula is C12H13NO3S. The molecule has 0 atom stereocenters. The van der Waals surface area contributed by atoms with E-state index < -0.39 is 5.97 Å². The van der Waals surface area contributed by atoms with Crippen LogP contribution in [0.25, 0.3) is 10.4 Å². The highest BCUT2D eigenvalue weighted by Gasteiger charge is 2.21. The second-order valence-electron chi connectivity index (χ2n) is 3.68. The lowest BCUT2D eigenvalue weighted by Gasteiger charge is -1.97. The Balaban J connectivity index is 2.58. The van der Waals surface area contributed by atoms with Crippen molar-refractivity contribution in [2.75, 3.05) is 12.8 Å². The molecule has 2 N–H and O–H groups in total. The molecule has 2 heterocycles. The Morgan fingerprint density at radius 1 is 1.47 bits per heavy atom. The van der Waals surface area contributed by atoms with Gasteiger partial charge in [-0.15, -0.1) is 11.3 Å². The number of esters is 1. The van der Waals surface area contributed by atoms with Gasteiger partial charge < -0.3 is 14.9 Å². The molecule has 0 unspecified atom stereocenters. The van der Waals surface area contributed by atoms with E-state index in [1.165, 1.54) is 18.4 Å². The van der Waals surface area contributed by atoms with Gasteiger partial charge in [0.1, 0.15) is 10.6 Å². The quantitative estimate of drug-likeness (QED) is 0.833. The zero-order chi connectivity index (χ0) is 12.6. The van der Waals surface area contributed by atoms with E-state index in [0.29, 0.717) is 10.6 Å². The monoisotopic (exact) mass is 251 g/mol. The van der Waals surface area contributed by atoms with E-state index in [9.17, 15) is 4.79 Å². The summed E-state index contributed by atoms with van der Waals surface area (Å²) < 4.78 is 9.96. The van der Waals surface area contributed by atoms with E-state index in [0.717, 1.165) is 21.8 Å². The number of methoxy groups -OCH3 is 1. The fraction of sp³-hybridized carbons (Fsp3) is 0.250. The summed E-state index contributed by atoms with van der Waals surface area (Å²) in [5.74, 6) is 0.411. The molecule has 0 saturated heterocycles. The van der Waals surface area contributed by atoms with Gasteiger partial charge in [0.2, 0.25) is 0 Å². The summed E-state index contributed by atoms with van der Waals surface area (Å²) in [7, 11) is 1.35. The first kappa shape index (κ1) is 11.7. The molecule has 17 heavy (non-hydrogen) atoms. The molecule has 90 valence electrons. The fourth-order valence-electron chi connectivity index (χ4n) is 1.65. The third kappa shape index (κ3) is 1.82. The topological polar surface area (TPSA) is 65.5 Å². The summed E-state index contributed by atoms with van der Waals surface area (Å²) in [6, 6.07) is 1.87. The smallest absolute Gasteiger partial charge is 0.350 e. The van der Waals surface area contributed by atoms with Crippen LogP contribution in [-0.4, -0.2) is 13.1 Å². The highest BCUT2D eigenvalue weighted by Crippen LogP contribution is 2.39. The van der Waals surface area contributed by atoms with Crippen molar-refractivity contribution in [2.45, 2.75) is 13.8 Å². The molecule has 2 aromatic heterocycles. The number of furan rings is 1. The van der Waals surface area contributed by atoms with Crippen LogP contribution in [-0.2, 0) is 4.74 Å². The molecule has 0 bridgehead atoms. The molecule has 0 spiro atoms. The van der Waals surface area contributed by atoms with Gasteiger partial charge in [-0.1, -0.05) is 0 Å². The van der Waals surface area contributed by atoms with E-state index in [1.807, 2.05) is 19.9 Å². The Kier molecular flexibility index (Phi) is 2.93. The van der Waals surface area contributed by atoms with Crippen LogP contribution >= 0.6 is 11.3 Å². The zero-order valence-corrected chi connectivity index (χ0v) is 10.7. The number of hydrogen-bond acceptors (Lipinski definition) is 5. The van der Waals surface area contributed by atoms with E-state index in [2.05, 4.69) is 0 Å². The molecule has 0 aliphatic heterocycles. The average Bonchev–Trinajstić information content (AvgIpc) is 2.85. The van der Waals surface area contributed by atoms with Crippen molar-refractivity contribution in [3.63, 3.8) is 0 Å². The van der Waals surface area contributed by atoms with Gasteiger partial charge in [-0.2, -0.15) is 0 Å². The number of carbonyl (C=O) groups is 1. The van der Waals surface area contributed by atoms with Crippen LogP contribution in [0.5, 0.6) is 0 Å². The lowest BCUT2D eigenvalue weighted by atomic mass is 10.1. The maximum absolute atomic E-state index is 11.5. The van der Waals surface area contributed by atoms with Crippen LogP contribution in [0, 0.1) is 13.8 Å². The minimum Gasteiger partial charge on any atom is -0.469 e. The van der Waals surface area contributed by atoms with Crippen LogP contribution in [0.1, 0.15) is 21.0 Å². The fourth-order valence-corrected chi connectivity index (χ4v) is 2.87. The third-order valence-electron chi connectivity index (χ3n) is 2.67. The van der Waals surface area contributed by atoms with E-state index in [-0.39, 0.29) is 0 Å². The van der Waals surface area contributed by atoms with Gasteiger partial charge in [0, 0.05) is 10.4 Å². The maximum Gasteiger partial charge on any atom is 0.350 e. The SMILES string of the molecule is COC(=O)c1sc(-c2ccoc2C)c(C)c1N. The van der Waals surface area contributed by atoms with E-state index >= 15 is 0 Å². The normalized spacial score (nSPS) is 10.5. The zero-order valence-electron chi connectivity index (χ0n) is 9.87. The maximum atomic E-state index is 11.5. The summed E-state index contributed by atoms with van der Waals surface area (Å²) in [5, 5.41) is 0. The third-order valence-corrected chi connectivity index (χ3v) is 3.99. The average molecular weight is 251 g/mol. The Bertz CT molecular complexity index is 568. The number of thiophene rings is 1. The molecule has 2 aromatic rings. The predicted octanol–water partition coefficient (Wildman–Crippen LogP) is 2.99. The van der Waals surface area contributed by atoms with Gasteiger partial charge >= 0.3 is 5.97 Å². The second kappa shape index (κ2) is 4.25. The number of ether oxygens (including phenoxy) is 1. The van der Waals surface area contributed by atoms with Crippen LogP contribution in [0.3, 0.4) is 0 Å². The van der Waals surface area contributed by atoms with Crippen molar-refractivity contribution in [3.8, 4) is 10.4 Å². The van der Waals surface area contributed by atoms with Gasteiger partial charge in [-0.3, -0.25) is 0 Å². The number of nitrogens with two attached hydrogens (primary N) is 1. The Morgan fingerprint density at radius 2 is 2.18 bits per heavy atom. The summed E-state index contributed by atoms with van der Waals surface area (Å²) in [5.41, 5.74) is 8.25. The first-order valence-corrected chi connectivity index (χ1v) is 5.89. The minimum atomic E-state index is -0.400. The summed E-state index contributed by atoms with van der Waals surface area (Å²) in [6.07, 6.45) is 1.62. The molecule has 4 nitrogen and oxygen atoms in total. The molecule has 2 rings (SSSR count). The van der Waals surface area contributed by atoms with Crippen LogP contribution in [0.2, 0.25) is 0 Å². The number of hydrogen-bond donors (Lipinski definition) is 1. The van der Waals surface area contributed by atoms with Crippen LogP contribution < -0.4 is 5.73 Å². The Labute approximate surface area is 103 Å². The molecule has 5 heteroatoms. The van der Waals surface area contributed by atoms with Crippen molar-refractivity contribution < 1.29 is 13.9 Å². The van der Waals surface area contributed by atoms with E-state index in [1.54, 1.807) is 6.26 Å². The van der Waals surface area contributed by atoms with Crippen molar-refractivity contribution in [1.82, 2.24) is 0 Å².